The minimum atomic E-state index is 0.0972. The van der Waals surface area contributed by atoms with E-state index >= 15 is 0 Å². The number of rotatable bonds is 3. The third-order valence-electron chi connectivity index (χ3n) is 4.48. The number of hydrogen-bond acceptors (Lipinski definition) is 4. The second-order valence-corrected chi connectivity index (χ2v) is 6.84. The monoisotopic (exact) mass is 396 g/mol. The number of para-hydroxylation sites is 2. The Morgan fingerprint density at radius 1 is 0.926 bits per heavy atom. The fourth-order valence-corrected chi connectivity index (χ4v) is 3.68. The van der Waals surface area contributed by atoms with Crippen molar-refractivity contribution < 1.29 is 9.21 Å². The number of furan rings is 1. The van der Waals surface area contributed by atoms with Crippen molar-refractivity contribution in [3.05, 3.63) is 70.2 Å². The molecular weight excluding hydrogens is 383 g/mol. The van der Waals surface area contributed by atoms with Gasteiger partial charge in [-0.05, 0) is 18.2 Å². The summed E-state index contributed by atoms with van der Waals surface area (Å²) in [5, 5.41) is 1.21. The van der Waals surface area contributed by atoms with E-state index in [0.29, 0.717) is 28.9 Å². The number of carbonyl (C=O) groups excluding carboxylic acids is 1. The first kappa shape index (κ1) is 17.5. The maximum absolute atomic E-state index is 11.8. The zero-order chi connectivity index (χ0) is 19.1. The quantitative estimate of drug-likeness (QED) is 0.326. The predicted molar refractivity (Wildman–Crippen MR) is 111 cm³/mol. The van der Waals surface area contributed by atoms with E-state index in [4.69, 9.17) is 39.1 Å². The molecule has 0 bridgehead atoms. The largest absolute Gasteiger partial charge is 0.455 e. The van der Waals surface area contributed by atoms with Crippen LogP contribution in [0.15, 0.2) is 59.0 Å². The first-order chi connectivity index (χ1) is 13.0. The van der Waals surface area contributed by atoms with Gasteiger partial charge < -0.3 is 15.9 Å². The molecule has 0 spiro atoms. The number of anilines is 2. The van der Waals surface area contributed by atoms with E-state index < -0.39 is 0 Å². The highest BCUT2D eigenvalue weighted by Gasteiger charge is 2.24. The molecule has 4 aromatic rings. The fraction of sp³-hybridized carbons (Fsp3) is 0. The summed E-state index contributed by atoms with van der Waals surface area (Å²) in [5.74, 6) is 0.458. The number of halogens is 2. The molecule has 0 unspecified atom stereocenters. The Morgan fingerprint density at radius 3 is 2.37 bits per heavy atom. The van der Waals surface area contributed by atoms with Gasteiger partial charge in [-0.15, -0.1) is 0 Å². The summed E-state index contributed by atoms with van der Waals surface area (Å²) in [7, 11) is 0. The van der Waals surface area contributed by atoms with Gasteiger partial charge in [0.05, 0.1) is 15.7 Å². The fourth-order valence-electron chi connectivity index (χ4n) is 3.18. The highest BCUT2D eigenvalue weighted by molar-refractivity contribution is 6.41. The van der Waals surface area contributed by atoms with Crippen LogP contribution >= 0.6 is 23.2 Å². The Hall–Kier alpha value is -2.95. The molecule has 4 rings (SSSR count). The lowest BCUT2D eigenvalue weighted by Crippen LogP contribution is -1.97. The third kappa shape index (κ3) is 2.74. The maximum Gasteiger partial charge on any atom is 0.152 e. The predicted octanol–water partition coefficient (Wildman–Crippen LogP) is 6.05. The van der Waals surface area contributed by atoms with Crippen molar-refractivity contribution in [1.82, 2.24) is 0 Å². The lowest BCUT2D eigenvalue weighted by Gasteiger charge is -2.12. The van der Waals surface area contributed by atoms with Crippen molar-refractivity contribution in [2.75, 3.05) is 11.5 Å². The average molecular weight is 397 g/mol. The summed E-state index contributed by atoms with van der Waals surface area (Å²) in [6, 6.07) is 16.6. The molecule has 0 aliphatic heterocycles. The number of aldehydes is 1. The van der Waals surface area contributed by atoms with Crippen LogP contribution in [-0.2, 0) is 0 Å². The molecule has 0 radical (unpaired) electrons. The van der Waals surface area contributed by atoms with E-state index in [1.165, 1.54) is 0 Å². The molecule has 0 saturated heterocycles. The Kier molecular flexibility index (Phi) is 4.30. The zero-order valence-corrected chi connectivity index (χ0v) is 15.5. The molecule has 0 aliphatic carbocycles. The Morgan fingerprint density at radius 2 is 1.63 bits per heavy atom. The van der Waals surface area contributed by atoms with Gasteiger partial charge in [0.25, 0.3) is 0 Å². The normalized spacial score (nSPS) is 11.0. The molecule has 0 fully saturated rings. The van der Waals surface area contributed by atoms with Crippen LogP contribution in [0.2, 0.25) is 10.0 Å². The summed E-state index contributed by atoms with van der Waals surface area (Å²) in [6.45, 7) is 0. The lowest BCUT2D eigenvalue weighted by molar-refractivity contribution is 0.112. The van der Waals surface area contributed by atoms with Crippen LogP contribution in [0, 0.1) is 0 Å². The van der Waals surface area contributed by atoms with Gasteiger partial charge in [-0.2, -0.15) is 0 Å². The van der Waals surface area contributed by atoms with E-state index in [2.05, 4.69) is 0 Å². The molecule has 0 amide bonds. The SMILES string of the molecule is Nc1ccccc1-c1c(-c2cc(Cl)c(N)c(Cl)c2C=O)oc2ccccc12. The number of nitrogens with two attached hydrogens (primary N) is 2. The minimum Gasteiger partial charge on any atom is -0.455 e. The van der Waals surface area contributed by atoms with E-state index in [9.17, 15) is 4.79 Å². The average Bonchev–Trinajstić information content (AvgIpc) is 3.05. The van der Waals surface area contributed by atoms with Crippen molar-refractivity contribution in [2.45, 2.75) is 0 Å². The first-order valence-corrected chi connectivity index (χ1v) is 8.88. The van der Waals surface area contributed by atoms with Gasteiger partial charge in [-0.25, -0.2) is 0 Å². The molecule has 0 aliphatic rings. The van der Waals surface area contributed by atoms with Gasteiger partial charge in [0.15, 0.2) is 6.29 Å². The van der Waals surface area contributed by atoms with Crippen molar-refractivity contribution in [2.24, 2.45) is 0 Å². The molecule has 1 heterocycles. The topological polar surface area (TPSA) is 82.2 Å². The number of fused-ring (bicyclic) bond motifs is 1. The molecule has 134 valence electrons. The minimum absolute atomic E-state index is 0.0972. The summed E-state index contributed by atoms with van der Waals surface area (Å²) in [6.07, 6.45) is 0.648. The summed E-state index contributed by atoms with van der Waals surface area (Å²) < 4.78 is 6.11. The molecule has 0 saturated carbocycles. The van der Waals surface area contributed by atoms with Crippen LogP contribution in [0.1, 0.15) is 10.4 Å². The van der Waals surface area contributed by atoms with Crippen LogP contribution in [0.3, 0.4) is 0 Å². The van der Waals surface area contributed by atoms with Gasteiger partial charge in [-0.3, -0.25) is 4.79 Å². The van der Waals surface area contributed by atoms with Crippen molar-refractivity contribution in [3.63, 3.8) is 0 Å². The van der Waals surface area contributed by atoms with E-state index in [-0.39, 0.29) is 21.3 Å². The Bertz CT molecular complexity index is 1200. The second-order valence-electron chi connectivity index (χ2n) is 6.05. The molecule has 4 N–H and O–H groups in total. The highest BCUT2D eigenvalue weighted by Crippen LogP contribution is 2.46. The Labute approximate surface area is 165 Å². The molecular formula is C21H14Cl2N2O2. The van der Waals surface area contributed by atoms with E-state index in [0.717, 1.165) is 16.5 Å². The smallest absolute Gasteiger partial charge is 0.152 e. The highest BCUT2D eigenvalue weighted by atomic mass is 35.5. The van der Waals surface area contributed by atoms with Gasteiger partial charge in [0.1, 0.15) is 11.3 Å². The zero-order valence-electron chi connectivity index (χ0n) is 14.0. The number of benzene rings is 3. The third-order valence-corrected chi connectivity index (χ3v) is 5.20. The molecule has 0 atom stereocenters. The summed E-state index contributed by atoms with van der Waals surface area (Å²) >= 11 is 12.5. The number of hydrogen-bond donors (Lipinski definition) is 2. The second kappa shape index (κ2) is 6.65. The van der Waals surface area contributed by atoms with Gasteiger partial charge >= 0.3 is 0 Å². The Balaban J connectivity index is 2.15. The van der Waals surface area contributed by atoms with Crippen LogP contribution in [0.5, 0.6) is 0 Å². The van der Waals surface area contributed by atoms with Gasteiger partial charge in [-0.1, -0.05) is 59.6 Å². The van der Waals surface area contributed by atoms with Crippen LogP contribution in [0.25, 0.3) is 33.4 Å². The summed E-state index contributed by atoms with van der Waals surface area (Å²) in [5.41, 5.74) is 15.7. The molecule has 27 heavy (non-hydrogen) atoms. The van der Waals surface area contributed by atoms with Crippen molar-refractivity contribution >= 4 is 51.8 Å². The van der Waals surface area contributed by atoms with Crippen molar-refractivity contribution in [3.8, 4) is 22.5 Å². The molecule has 4 nitrogen and oxygen atoms in total. The van der Waals surface area contributed by atoms with E-state index in [1.54, 1.807) is 6.07 Å². The van der Waals surface area contributed by atoms with Gasteiger partial charge in [0, 0.05) is 33.3 Å². The standard InChI is InChI=1S/C21H14Cl2N2O2/c22-15-9-13(14(10-26)19(23)20(15)25)21-18(11-5-1-3-7-16(11)24)12-6-2-4-8-17(12)27-21/h1-10H,24-25H2. The molecule has 6 heteroatoms. The van der Waals surface area contributed by atoms with Crippen molar-refractivity contribution in [1.29, 1.82) is 0 Å². The number of carbonyl (C=O) groups is 1. The van der Waals surface area contributed by atoms with E-state index in [1.807, 2.05) is 48.5 Å². The summed E-state index contributed by atoms with van der Waals surface area (Å²) in [4.78, 5) is 11.8. The molecule has 3 aromatic carbocycles. The lowest BCUT2D eigenvalue weighted by atomic mass is 9.95. The molecule has 1 aromatic heterocycles. The van der Waals surface area contributed by atoms with Crippen LogP contribution in [-0.4, -0.2) is 6.29 Å². The van der Waals surface area contributed by atoms with Crippen LogP contribution < -0.4 is 11.5 Å². The number of nitrogen functional groups attached to an aromatic ring is 2. The first-order valence-electron chi connectivity index (χ1n) is 8.12. The van der Waals surface area contributed by atoms with Gasteiger partial charge in [0.2, 0.25) is 0 Å². The maximum atomic E-state index is 11.8. The van der Waals surface area contributed by atoms with Crippen LogP contribution in [0.4, 0.5) is 11.4 Å².